The third kappa shape index (κ3) is 16.6. The molecule has 0 spiro atoms. The zero-order chi connectivity index (χ0) is 53.0. The maximum atomic E-state index is 14.5. The van der Waals surface area contributed by atoms with E-state index < -0.39 is 89.6 Å². The standard InChI is InChI=1S/C55H88N2O14/c1-33-18-14-13-15-19-35(3)43(57(66)53(64)71-54(8,9)10)32-41-24-22-39(7)55(65,70-41)50(61)51(62)56-27-17-16-20-42(56)52(63)69-45(36(4)30-40-23-25-44(58)46(31-40)67-11)26-21-34(2)29-38(6)48(60)49(68-12)47(59)37(5)28-33/h13-15,18-19,29,33-34,36-37,39-46,48-49,58,60,65-66H,16-17,20-28,30-32H2,1-12H3/b15-13+,18-14+,35-19+,38-29+/t33-,34+,36-,37-,39-,40+,41+,42+,43-,44-,45+,46-,48-,49+,55-/m1/s1. The van der Waals surface area contributed by atoms with Gasteiger partial charge in [0, 0.05) is 39.0 Å². The molecule has 16 nitrogen and oxygen atoms in total. The number of aliphatic hydroxyl groups is 3. The summed E-state index contributed by atoms with van der Waals surface area (Å²) in [5.41, 5.74) is 0.161. The van der Waals surface area contributed by atoms with Crippen LogP contribution in [0.5, 0.6) is 0 Å². The lowest BCUT2D eigenvalue weighted by molar-refractivity contribution is -0.266. The Morgan fingerprint density at radius 3 is 2.24 bits per heavy atom. The number of hydroxylamine groups is 2. The van der Waals surface area contributed by atoms with Crippen molar-refractivity contribution in [1.82, 2.24) is 9.96 Å². The van der Waals surface area contributed by atoms with Gasteiger partial charge >= 0.3 is 12.1 Å². The molecule has 4 rings (SSSR count). The highest BCUT2D eigenvalue weighted by Crippen LogP contribution is 2.38. The molecule has 3 fully saturated rings. The first-order valence-electron chi connectivity index (χ1n) is 26.1. The van der Waals surface area contributed by atoms with Gasteiger partial charge < -0.3 is 43.9 Å². The van der Waals surface area contributed by atoms with Crippen LogP contribution < -0.4 is 0 Å². The average molecular weight is 1000 g/mol. The fourth-order valence-electron chi connectivity index (χ4n) is 10.8. The van der Waals surface area contributed by atoms with E-state index in [1.807, 2.05) is 45.9 Å². The van der Waals surface area contributed by atoms with Crippen molar-refractivity contribution in [1.29, 1.82) is 0 Å². The largest absolute Gasteiger partial charge is 0.461 e. The fraction of sp³-hybridized carbons (Fsp3) is 0.764. The van der Waals surface area contributed by atoms with E-state index in [2.05, 4.69) is 0 Å². The molecule has 71 heavy (non-hydrogen) atoms. The van der Waals surface area contributed by atoms with Crippen LogP contribution in [-0.2, 0) is 42.9 Å². The Morgan fingerprint density at radius 1 is 0.873 bits per heavy atom. The molecule has 0 aromatic heterocycles. The van der Waals surface area contributed by atoms with Gasteiger partial charge in [-0.1, -0.05) is 71.1 Å². The number of ether oxygens (including phenoxy) is 5. The molecule has 402 valence electrons. The molecular weight excluding hydrogens is 913 g/mol. The third-order valence-electron chi connectivity index (χ3n) is 15.1. The third-order valence-corrected chi connectivity index (χ3v) is 15.1. The second kappa shape index (κ2) is 27.0. The first-order valence-corrected chi connectivity index (χ1v) is 26.1. The maximum Gasteiger partial charge on any atom is 0.434 e. The Morgan fingerprint density at radius 2 is 1.58 bits per heavy atom. The molecule has 2 saturated heterocycles. The molecule has 3 heterocycles. The van der Waals surface area contributed by atoms with Crippen LogP contribution >= 0.6 is 0 Å². The molecule has 4 N–H and O–H groups in total. The second-order valence-corrected chi connectivity index (χ2v) is 22.3. The number of allylic oxidation sites excluding steroid dienone is 6. The maximum absolute atomic E-state index is 14.5. The molecule has 15 atom stereocenters. The van der Waals surface area contributed by atoms with Gasteiger partial charge in [-0.05, 0) is 146 Å². The number of cyclic esters (lactones) is 1. The Labute approximate surface area is 423 Å². The van der Waals surface area contributed by atoms with Gasteiger partial charge in [0.15, 0.2) is 5.78 Å². The number of carbonyl (C=O) groups excluding carboxylic acids is 5. The van der Waals surface area contributed by atoms with Gasteiger partial charge in [-0.2, -0.15) is 5.06 Å². The Kier molecular flexibility index (Phi) is 22.7. The first-order chi connectivity index (χ1) is 33.3. The highest BCUT2D eigenvalue weighted by Gasteiger charge is 2.53. The van der Waals surface area contributed by atoms with Gasteiger partial charge in [-0.25, -0.2) is 9.59 Å². The number of Topliss-reactive ketones (excluding diaryl/α,β-unsaturated/α-hetero) is 2. The second-order valence-electron chi connectivity index (χ2n) is 22.3. The van der Waals surface area contributed by atoms with E-state index in [4.69, 9.17) is 23.7 Å². The minimum atomic E-state index is -2.57. The van der Waals surface area contributed by atoms with Gasteiger partial charge in [0.1, 0.15) is 30.0 Å². The molecule has 4 aliphatic rings. The minimum Gasteiger partial charge on any atom is -0.461 e. The summed E-state index contributed by atoms with van der Waals surface area (Å²) >= 11 is 0. The van der Waals surface area contributed by atoms with Crippen molar-refractivity contribution >= 4 is 29.5 Å². The van der Waals surface area contributed by atoms with Crippen molar-refractivity contribution in [2.24, 2.45) is 35.5 Å². The summed E-state index contributed by atoms with van der Waals surface area (Å²) in [5.74, 6) is -7.07. The Balaban J connectivity index is 1.73. The molecule has 1 aliphatic carbocycles. The molecule has 3 aliphatic heterocycles. The number of carbonyl (C=O) groups is 5. The van der Waals surface area contributed by atoms with Crippen molar-refractivity contribution in [3.63, 3.8) is 0 Å². The summed E-state index contributed by atoms with van der Waals surface area (Å²) in [7, 11) is 3.01. The van der Waals surface area contributed by atoms with Crippen LogP contribution in [0.3, 0.4) is 0 Å². The van der Waals surface area contributed by atoms with Crippen LogP contribution in [0.4, 0.5) is 4.79 Å². The summed E-state index contributed by atoms with van der Waals surface area (Å²) in [6, 6.07) is -2.14. The van der Waals surface area contributed by atoms with E-state index in [0.717, 1.165) is 6.42 Å². The minimum absolute atomic E-state index is 0.0330. The molecule has 1 saturated carbocycles. The van der Waals surface area contributed by atoms with Crippen LogP contribution in [-0.4, -0.2) is 141 Å². The van der Waals surface area contributed by atoms with E-state index in [9.17, 15) is 44.5 Å². The number of nitrogens with zero attached hydrogens (tertiary/aromatic N) is 2. The van der Waals surface area contributed by atoms with Crippen molar-refractivity contribution in [2.45, 2.75) is 213 Å². The van der Waals surface area contributed by atoms with E-state index in [-0.39, 0.29) is 61.4 Å². The number of aliphatic hydroxyl groups excluding tert-OH is 2. The van der Waals surface area contributed by atoms with Crippen molar-refractivity contribution in [3.8, 4) is 0 Å². The predicted molar refractivity (Wildman–Crippen MR) is 268 cm³/mol. The monoisotopic (exact) mass is 1000 g/mol. The van der Waals surface area contributed by atoms with Gasteiger partial charge in [0.25, 0.3) is 11.7 Å². The van der Waals surface area contributed by atoms with Gasteiger partial charge in [0.05, 0.1) is 24.4 Å². The van der Waals surface area contributed by atoms with Gasteiger partial charge in [-0.15, -0.1) is 0 Å². The van der Waals surface area contributed by atoms with Crippen molar-refractivity contribution in [2.75, 3.05) is 20.8 Å². The normalized spacial score (nSPS) is 38.1. The van der Waals surface area contributed by atoms with Crippen LogP contribution in [0, 0.1) is 35.5 Å². The van der Waals surface area contributed by atoms with Crippen molar-refractivity contribution in [3.05, 3.63) is 47.6 Å². The topological polar surface area (TPSA) is 219 Å². The van der Waals surface area contributed by atoms with Gasteiger partial charge in [-0.3, -0.25) is 19.6 Å². The lowest BCUT2D eigenvalue weighted by Gasteiger charge is -2.43. The number of ketones is 2. The lowest BCUT2D eigenvalue weighted by Crippen LogP contribution is -2.61. The molecule has 2 amide bonds. The van der Waals surface area contributed by atoms with Crippen molar-refractivity contribution < 1.29 is 68.2 Å². The highest BCUT2D eigenvalue weighted by atomic mass is 16.6. The number of rotatable bonds is 6. The Hall–Kier alpha value is -3.77. The number of amides is 2. The summed E-state index contributed by atoms with van der Waals surface area (Å²) in [6.07, 6.45) is 11.3. The number of hydrogen-bond acceptors (Lipinski definition) is 14. The van der Waals surface area contributed by atoms with E-state index in [0.29, 0.717) is 74.0 Å². The molecule has 0 radical (unpaired) electrons. The molecule has 0 aromatic carbocycles. The summed E-state index contributed by atoms with van der Waals surface area (Å²) < 4.78 is 29.3. The SMILES string of the molecule is CO[C@@H]1C[C@H](C[C@@H](C)[C@@H]2CC[C@H](C)/C=C(\C)[C@@H](O)[C@@H](OC)C(=O)[C@H](C)C[C@H](C)/C=C/C=C/C=C(\C)[C@H](N(O)C(=O)OC(C)(C)C)C[C@@H]3CC[C@@H](C)[C@@](O)(O3)C(=O)C(=O)N3CCCC[C@H]3C(=O)O2)CC[C@H]1O. The van der Waals surface area contributed by atoms with E-state index >= 15 is 0 Å². The van der Waals surface area contributed by atoms with Crippen LogP contribution in [0.25, 0.3) is 0 Å². The predicted octanol–water partition coefficient (Wildman–Crippen LogP) is 7.98. The van der Waals surface area contributed by atoms with Crippen LogP contribution in [0.2, 0.25) is 0 Å². The number of hydrogen-bond donors (Lipinski definition) is 4. The van der Waals surface area contributed by atoms with E-state index in [1.54, 1.807) is 66.9 Å². The molecular formula is C55H88N2O14. The fourth-order valence-corrected chi connectivity index (χ4v) is 10.8. The molecule has 0 aromatic rings. The summed E-state index contributed by atoms with van der Waals surface area (Å²) in [5, 5.41) is 46.0. The van der Waals surface area contributed by atoms with Crippen LogP contribution in [0.15, 0.2) is 47.6 Å². The molecule has 16 heteroatoms. The Bertz CT molecular complexity index is 1920. The van der Waals surface area contributed by atoms with Gasteiger partial charge in [0.2, 0.25) is 5.79 Å². The lowest BCUT2D eigenvalue weighted by atomic mass is 9.78. The number of methoxy groups -OCH3 is 2. The molecule has 2 bridgehead atoms. The smallest absolute Gasteiger partial charge is 0.434 e. The number of esters is 1. The van der Waals surface area contributed by atoms with Crippen LogP contribution in [0.1, 0.15) is 153 Å². The average Bonchev–Trinajstić information content (AvgIpc) is 3.31. The quantitative estimate of drug-likeness (QED) is 0.0652. The van der Waals surface area contributed by atoms with E-state index in [1.165, 1.54) is 12.0 Å². The zero-order valence-corrected chi connectivity index (χ0v) is 44.7. The zero-order valence-electron chi connectivity index (χ0n) is 44.7. The highest BCUT2D eigenvalue weighted by molar-refractivity contribution is 6.39. The molecule has 0 unspecified atom stereocenters. The summed E-state index contributed by atoms with van der Waals surface area (Å²) in [4.78, 5) is 71.6. The first kappa shape index (κ1) is 59.8. The number of piperidine rings is 1. The summed E-state index contributed by atoms with van der Waals surface area (Å²) in [6.45, 7) is 18.0. The number of fused-ring (bicyclic) bond motifs is 3.